The molecule has 9 heteroatoms. The average molecular weight is 879 g/mol. The van der Waals surface area contributed by atoms with Crippen molar-refractivity contribution in [2.75, 3.05) is 13.7 Å². The lowest BCUT2D eigenvalue weighted by atomic mass is 9.80. The summed E-state index contributed by atoms with van der Waals surface area (Å²) in [5.74, 6) is 0.962. The van der Waals surface area contributed by atoms with Crippen molar-refractivity contribution in [2.24, 2.45) is 41.4 Å². The fraction of sp³-hybridized carbons (Fsp3) is 0.636. The first-order valence-corrected chi connectivity index (χ1v) is 25.0. The number of carbonyl (C=O) groups is 2. The molecule has 0 radical (unpaired) electrons. The maximum Gasteiger partial charge on any atom is 0.315 e. The highest BCUT2D eigenvalue weighted by atomic mass is 16.5. The van der Waals surface area contributed by atoms with Crippen LogP contribution in [0.5, 0.6) is 0 Å². The standard InChI is InChI=1S/C55H82N4O5/c1-13-39-35(8)42-28-44-37(10)41(24-25-48(60)64-27-26-34(7)23-17-22-33(6)21-16-20-32(5)19-15-18-31(3)4)52(58-44)50-51(55(62)63-12)54(61)49-38(11)45(59-53(49)50)30-47-40(14-2)36(9)43(57-47)29-46(39)56-42/h26,28-33,37,39,41,51-52,54,56-59,61H,13-25,27H2,1-12H3/b34-26-,44-28-,45-30-,46-29-/t32-,33+,37+,39+,41+,51-,52?,54-/m1/s1. The lowest BCUT2D eigenvalue weighted by Gasteiger charge is -2.27. The van der Waals surface area contributed by atoms with Crippen molar-refractivity contribution < 1.29 is 24.2 Å². The van der Waals surface area contributed by atoms with Gasteiger partial charge in [0.2, 0.25) is 0 Å². The number of ether oxygens (including phenoxy) is 2. The Morgan fingerprint density at radius 1 is 0.859 bits per heavy atom. The largest absolute Gasteiger partial charge is 0.468 e. The predicted octanol–water partition coefficient (Wildman–Crippen LogP) is 10.4. The quantitative estimate of drug-likeness (QED) is 0.0662. The Bertz CT molecular complexity index is 2250. The summed E-state index contributed by atoms with van der Waals surface area (Å²) in [4.78, 5) is 34.6. The van der Waals surface area contributed by atoms with Crippen molar-refractivity contribution in [3.8, 4) is 0 Å². The molecule has 5 N–H and O–H groups in total. The van der Waals surface area contributed by atoms with Crippen molar-refractivity contribution in [2.45, 2.75) is 172 Å². The minimum atomic E-state index is -1.08. The van der Waals surface area contributed by atoms with Crippen LogP contribution in [0.2, 0.25) is 0 Å². The highest BCUT2D eigenvalue weighted by molar-refractivity contribution is 5.88. The van der Waals surface area contributed by atoms with Crippen molar-refractivity contribution >= 4 is 29.7 Å². The summed E-state index contributed by atoms with van der Waals surface area (Å²) in [5, 5.41) is 21.4. The summed E-state index contributed by atoms with van der Waals surface area (Å²) in [5.41, 5.74) is 12.8. The second kappa shape index (κ2) is 21.8. The van der Waals surface area contributed by atoms with Gasteiger partial charge in [-0.25, -0.2) is 0 Å². The first-order valence-electron chi connectivity index (χ1n) is 25.0. The number of carbonyl (C=O) groups excluding carboxylic acids is 2. The second-order valence-corrected chi connectivity index (χ2v) is 20.5. The topological polar surface area (TPSA) is 128 Å². The summed E-state index contributed by atoms with van der Waals surface area (Å²) in [6.07, 6.45) is 21.7. The van der Waals surface area contributed by atoms with Gasteiger partial charge in [0.1, 0.15) is 12.5 Å². The minimum Gasteiger partial charge on any atom is -0.468 e. The van der Waals surface area contributed by atoms with Gasteiger partial charge < -0.3 is 35.2 Å². The number of allylic oxidation sites excluding steroid dienone is 4. The summed E-state index contributed by atoms with van der Waals surface area (Å²) in [6.45, 7) is 24.9. The van der Waals surface area contributed by atoms with Crippen molar-refractivity contribution in [1.29, 1.82) is 0 Å². The predicted molar refractivity (Wildman–Crippen MR) is 261 cm³/mol. The van der Waals surface area contributed by atoms with Crippen molar-refractivity contribution in [3.63, 3.8) is 0 Å². The molecule has 8 bridgehead atoms. The molecule has 3 aliphatic heterocycles. The number of fused-ring (bicyclic) bond motifs is 8. The lowest BCUT2D eigenvalue weighted by Crippen LogP contribution is -2.37. The van der Waals surface area contributed by atoms with Crippen LogP contribution in [0, 0.1) is 55.3 Å². The van der Waals surface area contributed by atoms with Crippen molar-refractivity contribution in [1.82, 2.24) is 20.6 Å². The molecule has 2 aromatic rings. The van der Waals surface area contributed by atoms with Crippen LogP contribution >= 0.6 is 0 Å². The fourth-order valence-electron chi connectivity index (χ4n) is 11.3. The Kier molecular flexibility index (Phi) is 16.8. The first kappa shape index (κ1) is 49.2. The highest BCUT2D eigenvalue weighted by Crippen LogP contribution is 2.45. The summed E-state index contributed by atoms with van der Waals surface area (Å²) < 4.78 is 11.2. The SMILES string of the molecule is CCc1c2[nH]c(c1C)/C=C1\NC(=C(C)[C@@H]1CC)/C=C1\NC(C3=c4[nH]/c(c(C)c4[C@@H](O)[C@@H]3C(=O)OC)=C\2)[C@@H](CCC(=O)OC/C=C(/C)CCC[C@@H](C)CCC[C@H](C)CCCC(C)C)[C@@H]1C. The molecule has 1 unspecified atom stereocenters. The van der Waals surface area contributed by atoms with Crippen molar-refractivity contribution in [3.05, 3.63) is 84.7 Å². The van der Waals surface area contributed by atoms with Crippen LogP contribution in [-0.2, 0) is 25.5 Å². The number of aromatic amines is 2. The number of hydrogen-bond donors (Lipinski definition) is 5. The maximum atomic E-state index is 13.7. The molecule has 64 heavy (non-hydrogen) atoms. The Labute approximate surface area is 384 Å². The maximum absolute atomic E-state index is 13.7. The molecule has 2 aromatic heterocycles. The van der Waals surface area contributed by atoms with E-state index < -0.39 is 18.0 Å². The molecule has 1 fully saturated rings. The highest BCUT2D eigenvalue weighted by Gasteiger charge is 2.49. The normalized spacial score (nSPS) is 25.9. The molecule has 352 valence electrons. The molecule has 8 atom stereocenters. The molecule has 0 amide bonds. The van der Waals surface area contributed by atoms with E-state index in [1.54, 1.807) is 0 Å². The number of hydrogen-bond acceptors (Lipinski definition) is 7. The van der Waals surface area contributed by atoms with E-state index in [2.05, 4.69) is 114 Å². The zero-order valence-corrected chi connectivity index (χ0v) is 41.5. The number of esters is 2. The van der Waals surface area contributed by atoms with Gasteiger partial charge >= 0.3 is 11.9 Å². The number of nitrogens with one attached hydrogen (secondary N) is 4. The number of methoxy groups -OCH3 is 1. The molecule has 0 spiro atoms. The molecule has 0 saturated carbocycles. The summed E-state index contributed by atoms with van der Waals surface area (Å²) in [7, 11) is 1.39. The van der Waals surface area contributed by atoms with Crippen LogP contribution in [0.15, 0.2) is 40.4 Å². The smallest absolute Gasteiger partial charge is 0.315 e. The van der Waals surface area contributed by atoms with E-state index in [1.165, 1.54) is 80.0 Å². The van der Waals surface area contributed by atoms with Crippen LogP contribution in [0.1, 0.15) is 179 Å². The number of rotatable bonds is 20. The fourth-order valence-corrected chi connectivity index (χ4v) is 11.3. The Morgan fingerprint density at radius 3 is 2.20 bits per heavy atom. The van der Waals surface area contributed by atoms with Gasteiger partial charge in [0.25, 0.3) is 0 Å². The lowest BCUT2D eigenvalue weighted by molar-refractivity contribution is -0.147. The minimum absolute atomic E-state index is 0.0142. The number of aliphatic hydroxyl groups is 1. The average Bonchev–Trinajstić information content (AvgIpc) is 3.99. The monoisotopic (exact) mass is 879 g/mol. The third-order valence-corrected chi connectivity index (χ3v) is 15.4. The molecule has 5 heterocycles. The van der Waals surface area contributed by atoms with Gasteiger partial charge in [0.15, 0.2) is 0 Å². The van der Waals surface area contributed by atoms with Gasteiger partial charge in [-0.05, 0) is 136 Å². The summed E-state index contributed by atoms with van der Waals surface area (Å²) in [6, 6.07) is -0.347. The van der Waals surface area contributed by atoms with Gasteiger partial charge in [-0.3, -0.25) is 9.59 Å². The Morgan fingerprint density at radius 2 is 1.55 bits per heavy atom. The second-order valence-electron chi connectivity index (χ2n) is 20.5. The molecule has 6 rings (SSSR count). The van der Waals surface area contributed by atoms with E-state index in [0.29, 0.717) is 6.42 Å². The summed E-state index contributed by atoms with van der Waals surface area (Å²) >= 11 is 0. The molecule has 4 aliphatic rings. The van der Waals surface area contributed by atoms with E-state index >= 15 is 0 Å². The van der Waals surface area contributed by atoms with Gasteiger partial charge in [0.05, 0.1) is 19.3 Å². The Hall–Kier alpha value is -4.24. The molecule has 0 aromatic carbocycles. The third-order valence-electron chi connectivity index (χ3n) is 15.4. The number of aromatic nitrogens is 2. The third kappa shape index (κ3) is 10.9. The van der Waals surface area contributed by atoms with Crippen LogP contribution < -0.4 is 21.3 Å². The molecular weight excluding hydrogens is 797 g/mol. The van der Waals surface area contributed by atoms with E-state index in [0.717, 1.165) is 93.6 Å². The van der Waals surface area contributed by atoms with Gasteiger partial charge in [-0.1, -0.05) is 99.0 Å². The van der Waals surface area contributed by atoms with Crippen LogP contribution in [0.25, 0.3) is 17.7 Å². The van der Waals surface area contributed by atoms with Gasteiger partial charge in [-0.2, -0.15) is 0 Å². The van der Waals surface area contributed by atoms with E-state index in [4.69, 9.17) is 9.47 Å². The van der Waals surface area contributed by atoms with Gasteiger partial charge in [0, 0.05) is 63.0 Å². The van der Waals surface area contributed by atoms with E-state index in [-0.39, 0.29) is 42.8 Å². The molecule has 1 saturated heterocycles. The van der Waals surface area contributed by atoms with Gasteiger partial charge in [-0.15, -0.1) is 0 Å². The van der Waals surface area contributed by atoms with E-state index in [1.807, 2.05) is 6.92 Å². The number of H-pyrrole nitrogens is 2. The zero-order valence-electron chi connectivity index (χ0n) is 41.5. The molecule has 1 aliphatic carbocycles. The molecular formula is C55H82N4O5. The zero-order chi connectivity index (χ0) is 46.4. The Balaban J connectivity index is 1.19. The number of aliphatic hydroxyl groups excluding tert-OH is 1. The van der Waals surface area contributed by atoms with Crippen LogP contribution in [-0.4, -0.2) is 46.8 Å². The first-order chi connectivity index (χ1) is 30.6. The van der Waals surface area contributed by atoms with Crippen LogP contribution in [0.4, 0.5) is 0 Å². The van der Waals surface area contributed by atoms with Crippen LogP contribution in [0.3, 0.4) is 0 Å². The van der Waals surface area contributed by atoms with E-state index in [9.17, 15) is 14.7 Å². The molecule has 9 nitrogen and oxygen atoms in total.